The highest BCUT2D eigenvalue weighted by Crippen LogP contribution is 2.22. The summed E-state index contributed by atoms with van der Waals surface area (Å²) in [6.45, 7) is 0. The van der Waals surface area contributed by atoms with Crippen molar-refractivity contribution in [3.63, 3.8) is 0 Å². The Hall–Kier alpha value is -3.01. The molecule has 3 aromatic rings. The van der Waals surface area contributed by atoms with Gasteiger partial charge < -0.3 is 10.3 Å². The number of imidazole rings is 1. The number of hydrogen-bond acceptors (Lipinski definition) is 7. The minimum Gasteiger partial charge on any atom is -0.341 e. The van der Waals surface area contributed by atoms with Crippen molar-refractivity contribution in [3.05, 3.63) is 47.0 Å². The van der Waals surface area contributed by atoms with E-state index >= 15 is 0 Å². The molecule has 0 bridgehead atoms. The fourth-order valence-electron chi connectivity index (χ4n) is 1.85. The Bertz CT molecular complexity index is 864. The number of aromatic nitrogens is 4. The van der Waals surface area contributed by atoms with E-state index in [2.05, 4.69) is 25.3 Å². The van der Waals surface area contributed by atoms with Crippen LogP contribution in [0.15, 0.2) is 41.9 Å². The fraction of sp³-hybridized carbons (Fsp3) is 0.0769. The Morgan fingerprint density at radius 2 is 2.04 bits per heavy atom. The molecule has 9 nitrogen and oxygen atoms in total. The molecule has 0 aliphatic carbocycles. The van der Waals surface area contributed by atoms with Gasteiger partial charge in [-0.2, -0.15) is 0 Å². The number of amides is 1. The van der Waals surface area contributed by atoms with Crippen LogP contribution in [0.2, 0.25) is 0 Å². The van der Waals surface area contributed by atoms with E-state index in [-0.39, 0.29) is 17.3 Å². The van der Waals surface area contributed by atoms with Crippen molar-refractivity contribution < 1.29 is 9.72 Å². The van der Waals surface area contributed by atoms with Crippen molar-refractivity contribution in [2.45, 2.75) is 5.03 Å². The van der Waals surface area contributed by atoms with Crippen molar-refractivity contribution in [3.8, 4) is 0 Å². The minimum atomic E-state index is -0.494. The van der Waals surface area contributed by atoms with Crippen LogP contribution in [0.4, 0.5) is 11.4 Å². The van der Waals surface area contributed by atoms with Gasteiger partial charge in [-0.25, -0.2) is 15.0 Å². The summed E-state index contributed by atoms with van der Waals surface area (Å²) in [6, 6.07) is 5.64. The fourth-order valence-corrected chi connectivity index (χ4v) is 2.61. The van der Waals surface area contributed by atoms with E-state index in [0.717, 1.165) is 0 Å². The molecular weight excluding hydrogens is 320 g/mol. The van der Waals surface area contributed by atoms with Crippen molar-refractivity contribution in [1.29, 1.82) is 0 Å². The molecule has 2 N–H and O–H groups in total. The number of hydrogen-bond donors (Lipinski definition) is 2. The third-order valence-corrected chi connectivity index (χ3v) is 3.88. The van der Waals surface area contributed by atoms with Crippen LogP contribution in [0, 0.1) is 10.1 Å². The summed E-state index contributed by atoms with van der Waals surface area (Å²) in [5.41, 5.74) is 1.69. The molecular formula is C13H10N6O3S. The highest BCUT2D eigenvalue weighted by atomic mass is 32.2. The Labute approximate surface area is 133 Å². The minimum absolute atomic E-state index is 0.0278. The first-order chi connectivity index (χ1) is 11.1. The third-order valence-electron chi connectivity index (χ3n) is 2.89. The molecule has 0 unspecified atom stereocenters. The Balaban J connectivity index is 1.61. The molecule has 1 aromatic carbocycles. The van der Waals surface area contributed by atoms with Crippen LogP contribution < -0.4 is 5.32 Å². The molecule has 1 amide bonds. The average molecular weight is 330 g/mol. The van der Waals surface area contributed by atoms with Crippen LogP contribution in [0.3, 0.4) is 0 Å². The number of anilines is 1. The highest BCUT2D eigenvalue weighted by molar-refractivity contribution is 8.00. The summed E-state index contributed by atoms with van der Waals surface area (Å²) in [7, 11) is 0. The van der Waals surface area contributed by atoms with E-state index in [1.807, 2.05) is 0 Å². The number of carbonyl (C=O) groups is 1. The van der Waals surface area contributed by atoms with Crippen LogP contribution in [0.1, 0.15) is 0 Å². The molecule has 0 radical (unpaired) electrons. The zero-order chi connectivity index (χ0) is 16.2. The molecule has 116 valence electrons. The van der Waals surface area contributed by atoms with Crippen LogP contribution in [0.25, 0.3) is 11.2 Å². The zero-order valence-corrected chi connectivity index (χ0v) is 12.4. The van der Waals surface area contributed by atoms with E-state index in [1.165, 1.54) is 48.7 Å². The van der Waals surface area contributed by atoms with Gasteiger partial charge in [0.25, 0.3) is 5.69 Å². The Kier molecular flexibility index (Phi) is 4.15. The first-order valence-corrected chi connectivity index (χ1v) is 7.43. The highest BCUT2D eigenvalue weighted by Gasteiger charge is 2.10. The number of nitrogens with one attached hydrogen (secondary N) is 2. The van der Waals surface area contributed by atoms with Crippen LogP contribution in [-0.2, 0) is 4.79 Å². The van der Waals surface area contributed by atoms with Crippen molar-refractivity contribution in [2.24, 2.45) is 0 Å². The smallest absolute Gasteiger partial charge is 0.269 e. The van der Waals surface area contributed by atoms with Gasteiger partial charge in [0.2, 0.25) is 5.91 Å². The summed E-state index contributed by atoms with van der Waals surface area (Å²) in [6.07, 6.45) is 2.90. The second-order valence-corrected chi connectivity index (χ2v) is 5.38. The quantitative estimate of drug-likeness (QED) is 0.317. The summed E-state index contributed by atoms with van der Waals surface area (Å²) in [5.74, 6) is -0.0996. The van der Waals surface area contributed by atoms with Gasteiger partial charge in [0.1, 0.15) is 16.9 Å². The van der Waals surface area contributed by atoms with Crippen molar-refractivity contribution >= 4 is 40.2 Å². The molecule has 0 aliphatic rings. The van der Waals surface area contributed by atoms with Gasteiger partial charge in [0.15, 0.2) is 5.65 Å². The second kappa shape index (κ2) is 6.40. The number of carbonyl (C=O) groups excluding carboxylic acids is 1. The molecule has 0 saturated heterocycles. The predicted octanol–water partition coefficient (Wildman–Crippen LogP) is 1.99. The molecule has 10 heteroatoms. The largest absolute Gasteiger partial charge is 0.341 e. The molecule has 2 aromatic heterocycles. The van der Waals surface area contributed by atoms with E-state index in [0.29, 0.717) is 21.9 Å². The van der Waals surface area contributed by atoms with E-state index in [4.69, 9.17) is 0 Å². The number of H-pyrrole nitrogens is 1. The molecule has 0 atom stereocenters. The average Bonchev–Trinajstić information content (AvgIpc) is 3.02. The zero-order valence-electron chi connectivity index (χ0n) is 11.6. The lowest BCUT2D eigenvalue weighted by Gasteiger charge is -2.05. The van der Waals surface area contributed by atoms with E-state index in [9.17, 15) is 14.9 Å². The van der Waals surface area contributed by atoms with Gasteiger partial charge in [0, 0.05) is 17.8 Å². The van der Waals surface area contributed by atoms with Crippen molar-refractivity contribution in [1.82, 2.24) is 19.9 Å². The molecule has 0 saturated carbocycles. The second-order valence-electron chi connectivity index (χ2n) is 4.42. The van der Waals surface area contributed by atoms with Gasteiger partial charge >= 0.3 is 0 Å². The summed E-state index contributed by atoms with van der Waals surface area (Å²) in [4.78, 5) is 37.1. The normalized spacial score (nSPS) is 10.6. The lowest BCUT2D eigenvalue weighted by molar-refractivity contribution is -0.384. The number of non-ortho nitro benzene ring substituents is 1. The Morgan fingerprint density at radius 1 is 1.26 bits per heavy atom. The topological polar surface area (TPSA) is 127 Å². The number of benzene rings is 1. The molecule has 0 spiro atoms. The maximum Gasteiger partial charge on any atom is 0.269 e. The number of fused-ring (bicyclic) bond motifs is 1. The standard InChI is InChI=1S/C13H10N6O3S/c20-10(18-8-1-3-9(4-2-8)19(21)22)5-23-13-11-12(15-6-14-11)16-7-17-13/h1-4,6-7H,5H2,(H,18,20)(H,14,15,16,17). The first-order valence-electron chi connectivity index (χ1n) is 6.44. The number of nitrogens with zero attached hydrogens (tertiary/aromatic N) is 4. The van der Waals surface area contributed by atoms with Crippen LogP contribution in [-0.4, -0.2) is 36.5 Å². The molecule has 23 heavy (non-hydrogen) atoms. The van der Waals surface area contributed by atoms with Crippen LogP contribution >= 0.6 is 11.8 Å². The van der Waals surface area contributed by atoms with Gasteiger partial charge in [-0.3, -0.25) is 14.9 Å². The van der Waals surface area contributed by atoms with Gasteiger partial charge in [-0.15, -0.1) is 0 Å². The maximum atomic E-state index is 11.9. The number of nitro groups is 1. The monoisotopic (exact) mass is 330 g/mol. The lowest BCUT2D eigenvalue weighted by atomic mass is 10.3. The van der Waals surface area contributed by atoms with Gasteiger partial charge in [-0.1, -0.05) is 11.8 Å². The Morgan fingerprint density at radius 3 is 2.78 bits per heavy atom. The van der Waals surface area contributed by atoms with Crippen LogP contribution in [0.5, 0.6) is 0 Å². The third kappa shape index (κ3) is 3.43. The van der Waals surface area contributed by atoms with Crippen molar-refractivity contribution in [2.75, 3.05) is 11.1 Å². The molecule has 3 rings (SSSR count). The van der Waals surface area contributed by atoms with Gasteiger partial charge in [-0.05, 0) is 12.1 Å². The number of aromatic amines is 1. The molecule has 0 aliphatic heterocycles. The first kappa shape index (κ1) is 14.9. The molecule has 0 fully saturated rings. The summed E-state index contributed by atoms with van der Waals surface area (Å²) < 4.78 is 0. The lowest BCUT2D eigenvalue weighted by Crippen LogP contribution is -2.14. The van der Waals surface area contributed by atoms with Gasteiger partial charge in [0.05, 0.1) is 17.0 Å². The number of nitro benzene ring substituents is 1. The van der Waals surface area contributed by atoms with E-state index < -0.39 is 4.92 Å². The van der Waals surface area contributed by atoms with E-state index in [1.54, 1.807) is 0 Å². The number of rotatable bonds is 5. The summed E-state index contributed by atoms with van der Waals surface area (Å²) >= 11 is 1.25. The maximum absolute atomic E-state index is 11.9. The predicted molar refractivity (Wildman–Crippen MR) is 84.1 cm³/mol. The number of thioether (sulfide) groups is 1. The molecule has 2 heterocycles. The SMILES string of the molecule is O=C(CSc1ncnc2nc[nH]c12)Nc1ccc([N+](=O)[O-])cc1. The summed E-state index contributed by atoms with van der Waals surface area (Å²) in [5, 5.41) is 13.9.